The van der Waals surface area contributed by atoms with Crippen molar-refractivity contribution in [3.8, 4) is 5.75 Å². The highest BCUT2D eigenvalue weighted by atomic mass is 32.2. The molecule has 0 radical (unpaired) electrons. The molecule has 0 aliphatic carbocycles. The van der Waals surface area contributed by atoms with Crippen molar-refractivity contribution in [1.82, 2.24) is 10.2 Å². The first kappa shape index (κ1) is 29.9. The molecule has 210 valence electrons. The summed E-state index contributed by atoms with van der Waals surface area (Å²) in [7, 11) is 0. The lowest BCUT2D eigenvalue weighted by atomic mass is 10.0. The fourth-order valence-electron chi connectivity index (χ4n) is 4.08. The molecule has 0 spiro atoms. The highest BCUT2D eigenvalue weighted by Gasteiger charge is 2.40. The number of carbonyl (C=O) groups excluding carboxylic acids is 1. The Bertz CT molecular complexity index is 1050. The van der Waals surface area contributed by atoms with Gasteiger partial charge in [0, 0.05) is 24.9 Å². The van der Waals surface area contributed by atoms with Gasteiger partial charge in [-0.05, 0) is 39.7 Å². The summed E-state index contributed by atoms with van der Waals surface area (Å²) in [5, 5.41) is 7.94. The standard InChI is InChI=1S/C27H40N4O6S/c1-5-9-22(23-17-21(35-13-6-2)18-24(32)37-23)28-26(33)27(4)19-38-25(29-27)20(3)30-36-14-8-7-10-31-11-15-34-16-12-31/h6,17-18,22H,2,5,7-16,19H2,1,3-4H3,(H,28,33)/b30-20+/t22-,27+/m1/s1. The number of thioether (sulfide) groups is 1. The van der Waals surface area contributed by atoms with Crippen molar-refractivity contribution in [3.63, 3.8) is 0 Å². The number of hydrogen-bond donors (Lipinski definition) is 1. The first-order chi connectivity index (χ1) is 18.3. The van der Waals surface area contributed by atoms with E-state index in [1.54, 1.807) is 19.1 Å². The van der Waals surface area contributed by atoms with Gasteiger partial charge in [-0.3, -0.25) is 14.7 Å². The Balaban J connectivity index is 1.55. The number of unbranched alkanes of at least 4 members (excludes halogenated alkanes) is 1. The van der Waals surface area contributed by atoms with Gasteiger partial charge in [-0.2, -0.15) is 0 Å². The topological polar surface area (TPSA) is 115 Å². The van der Waals surface area contributed by atoms with Crippen LogP contribution in [0, 0.1) is 0 Å². The molecule has 0 bridgehead atoms. The average molecular weight is 549 g/mol. The Morgan fingerprint density at radius 3 is 2.89 bits per heavy atom. The minimum Gasteiger partial charge on any atom is -0.489 e. The summed E-state index contributed by atoms with van der Waals surface area (Å²) in [5.41, 5.74) is -0.853. The lowest BCUT2D eigenvalue weighted by molar-refractivity contribution is -0.125. The maximum atomic E-state index is 13.3. The lowest BCUT2D eigenvalue weighted by Crippen LogP contribution is -2.45. The number of carbonyl (C=O) groups is 1. The molecule has 0 aromatic carbocycles. The predicted molar refractivity (Wildman–Crippen MR) is 150 cm³/mol. The van der Waals surface area contributed by atoms with E-state index in [2.05, 4.69) is 26.9 Å². The number of nitrogens with zero attached hydrogens (tertiary/aromatic N) is 3. The Morgan fingerprint density at radius 2 is 2.16 bits per heavy atom. The summed E-state index contributed by atoms with van der Waals surface area (Å²) in [6.45, 7) is 14.7. The van der Waals surface area contributed by atoms with Gasteiger partial charge >= 0.3 is 5.63 Å². The third-order valence-electron chi connectivity index (χ3n) is 6.26. The quantitative estimate of drug-likeness (QED) is 0.153. The van der Waals surface area contributed by atoms with Gasteiger partial charge in [-0.1, -0.05) is 31.2 Å². The second-order valence-electron chi connectivity index (χ2n) is 9.58. The van der Waals surface area contributed by atoms with Crippen LogP contribution in [0.1, 0.15) is 58.3 Å². The number of aliphatic imine (C=N–C) groups is 1. The van der Waals surface area contributed by atoms with E-state index in [0.29, 0.717) is 41.0 Å². The second-order valence-corrected chi connectivity index (χ2v) is 10.5. The number of morpholine rings is 1. The fraction of sp³-hybridized carbons (Fsp3) is 0.630. The molecule has 38 heavy (non-hydrogen) atoms. The molecule has 2 atom stereocenters. The van der Waals surface area contributed by atoms with Crippen LogP contribution in [0.25, 0.3) is 0 Å². The van der Waals surface area contributed by atoms with Crippen molar-refractivity contribution >= 4 is 28.4 Å². The minimum atomic E-state index is -0.974. The fourth-order valence-corrected chi connectivity index (χ4v) is 5.20. The zero-order chi connectivity index (χ0) is 27.4. The van der Waals surface area contributed by atoms with Gasteiger partial charge in [0.05, 0.1) is 25.3 Å². The highest BCUT2D eigenvalue weighted by molar-refractivity contribution is 8.16. The van der Waals surface area contributed by atoms with Gasteiger partial charge in [0.2, 0.25) is 5.91 Å². The molecule has 10 nitrogen and oxygen atoms in total. The molecule has 0 unspecified atom stereocenters. The minimum absolute atomic E-state index is 0.240. The predicted octanol–water partition coefficient (Wildman–Crippen LogP) is 3.57. The Labute approximate surface area is 228 Å². The van der Waals surface area contributed by atoms with E-state index in [9.17, 15) is 9.59 Å². The van der Waals surface area contributed by atoms with E-state index in [1.165, 1.54) is 17.8 Å². The van der Waals surface area contributed by atoms with Gasteiger partial charge < -0.3 is 24.0 Å². The van der Waals surface area contributed by atoms with Gasteiger partial charge in [-0.25, -0.2) is 4.79 Å². The summed E-state index contributed by atoms with van der Waals surface area (Å²) in [6, 6.07) is 2.43. The molecule has 1 amide bonds. The largest absolute Gasteiger partial charge is 0.489 e. The smallest absolute Gasteiger partial charge is 0.339 e. The first-order valence-electron chi connectivity index (χ1n) is 13.2. The van der Waals surface area contributed by atoms with Crippen LogP contribution in [0.3, 0.4) is 0 Å². The van der Waals surface area contributed by atoms with Crippen molar-refractivity contribution in [2.45, 2.75) is 58.0 Å². The van der Waals surface area contributed by atoms with Crippen LogP contribution in [0.2, 0.25) is 0 Å². The molecule has 2 aliphatic heterocycles. The molecule has 3 rings (SSSR count). The molecular weight excluding hydrogens is 508 g/mol. The average Bonchev–Trinajstić information content (AvgIpc) is 3.33. The Hall–Kier alpha value is -2.63. The maximum Gasteiger partial charge on any atom is 0.339 e. The maximum absolute atomic E-state index is 13.3. The first-order valence-corrected chi connectivity index (χ1v) is 14.2. The van der Waals surface area contributed by atoms with Crippen LogP contribution in [-0.4, -0.2) is 78.9 Å². The van der Waals surface area contributed by atoms with Crippen LogP contribution >= 0.6 is 11.8 Å². The van der Waals surface area contributed by atoms with Crippen molar-refractivity contribution < 1.29 is 23.5 Å². The van der Waals surface area contributed by atoms with Crippen molar-refractivity contribution in [2.75, 3.05) is 51.8 Å². The van der Waals surface area contributed by atoms with E-state index >= 15 is 0 Å². The summed E-state index contributed by atoms with van der Waals surface area (Å²) < 4.78 is 16.3. The lowest BCUT2D eigenvalue weighted by Gasteiger charge is -2.26. The van der Waals surface area contributed by atoms with Crippen LogP contribution in [0.4, 0.5) is 0 Å². The van der Waals surface area contributed by atoms with E-state index in [0.717, 1.165) is 52.1 Å². The number of amides is 1. The molecule has 1 N–H and O–H groups in total. The van der Waals surface area contributed by atoms with Crippen molar-refractivity contribution in [1.29, 1.82) is 0 Å². The zero-order valence-electron chi connectivity index (χ0n) is 22.7. The molecule has 2 aliphatic rings. The third-order valence-corrected chi connectivity index (χ3v) is 7.63. The van der Waals surface area contributed by atoms with E-state index in [1.807, 2.05) is 13.8 Å². The molecule has 1 aromatic rings. The normalized spacial score (nSPS) is 21.0. The van der Waals surface area contributed by atoms with Crippen molar-refractivity contribution in [2.24, 2.45) is 10.1 Å². The number of rotatable bonds is 15. The van der Waals surface area contributed by atoms with Crippen molar-refractivity contribution in [3.05, 3.63) is 41.0 Å². The summed E-state index contributed by atoms with van der Waals surface area (Å²) in [5.74, 6) is 0.967. The summed E-state index contributed by atoms with van der Waals surface area (Å²) in [6.07, 6.45) is 4.94. The highest BCUT2D eigenvalue weighted by Crippen LogP contribution is 2.30. The van der Waals surface area contributed by atoms with Crippen LogP contribution in [-0.2, 0) is 14.4 Å². The molecule has 3 heterocycles. The Morgan fingerprint density at radius 1 is 1.37 bits per heavy atom. The number of oxime groups is 1. The van der Waals surface area contributed by atoms with Gasteiger partial charge in [-0.15, -0.1) is 11.8 Å². The van der Waals surface area contributed by atoms with Crippen LogP contribution < -0.4 is 15.7 Å². The Kier molecular flexibility index (Phi) is 11.9. The number of nitrogens with one attached hydrogen (secondary N) is 1. The molecule has 11 heteroatoms. The molecule has 1 saturated heterocycles. The molecular formula is C27H40N4O6S. The van der Waals surface area contributed by atoms with Crippen LogP contribution in [0.5, 0.6) is 5.75 Å². The number of ether oxygens (including phenoxy) is 2. The summed E-state index contributed by atoms with van der Waals surface area (Å²) in [4.78, 5) is 38.0. The third kappa shape index (κ3) is 8.99. The molecule has 1 fully saturated rings. The molecule has 1 aromatic heterocycles. The van der Waals surface area contributed by atoms with Crippen LogP contribution in [0.15, 0.2) is 44.1 Å². The van der Waals surface area contributed by atoms with E-state index < -0.39 is 17.2 Å². The number of hydrogen-bond acceptors (Lipinski definition) is 10. The van der Waals surface area contributed by atoms with E-state index in [4.69, 9.17) is 18.7 Å². The van der Waals surface area contributed by atoms with E-state index in [-0.39, 0.29) is 12.5 Å². The van der Waals surface area contributed by atoms with Gasteiger partial charge in [0.15, 0.2) is 0 Å². The SMILES string of the molecule is C=CCOc1cc([C@@H](CCC)NC(=O)[C@]2(C)CSC(/C(C)=N/OCCCCN3CCOCC3)=N2)oc(=O)c1. The van der Waals surface area contributed by atoms with Gasteiger partial charge in [0.25, 0.3) is 0 Å². The zero-order valence-corrected chi connectivity index (χ0v) is 23.5. The second kappa shape index (κ2) is 15.1. The summed E-state index contributed by atoms with van der Waals surface area (Å²) >= 11 is 1.48. The monoisotopic (exact) mass is 548 g/mol. The van der Waals surface area contributed by atoms with Gasteiger partial charge in [0.1, 0.15) is 41.0 Å². The molecule has 0 saturated carbocycles.